The molecular formula is C30H29ClN2O3. The van der Waals surface area contributed by atoms with Crippen LogP contribution < -0.4 is 4.74 Å². The van der Waals surface area contributed by atoms with E-state index in [0.717, 1.165) is 46.1 Å². The van der Waals surface area contributed by atoms with Crippen molar-refractivity contribution in [1.29, 1.82) is 0 Å². The van der Waals surface area contributed by atoms with Crippen LogP contribution in [-0.2, 0) is 16.1 Å². The second kappa shape index (κ2) is 12.2. The molecule has 0 saturated heterocycles. The largest absolute Gasteiger partial charge is 0.494 e. The van der Waals surface area contributed by atoms with Crippen LogP contribution in [0.3, 0.4) is 0 Å². The first-order valence-corrected chi connectivity index (χ1v) is 12.4. The Bertz CT molecular complexity index is 1330. The van der Waals surface area contributed by atoms with Crippen molar-refractivity contribution >= 4 is 29.7 Å². The molecule has 0 radical (unpaired) electrons. The Labute approximate surface area is 217 Å². The summed E-state index contributed by atoms with van der Waals surface area (Å²) in [7, 11) is 1.39. The number of hydrogen-bond acceptors (Lipinski definition) is 4. The maximum Gasteiger partial charge on any atom is 0.305 e. The molecule has 0 aliphatic rings. The fourth-order valence-corrected chi connectivity index (χ4v) is 4.06. The summed E-state index contributed by atoms with van der Waals surface area (Å²) in [6.45, 7) is 3.40. The summed E-state index contributed by atoms with van der Waals surface area (Å²) in [6.07, 6.45) is 7.13. The van der Waals surface area contributed by atoms with Crippen molar-refractivity contribution in [3.05, 3.63) is 95.4 Å². The number of imidazole rings is 1. The number of methoxy groups -OCH3 is 1. The molecule has 0 bridgehead atoms. The molecular weight excluding hydrogens is 472 g/mol. The number of rotatable bonds is 10. The Morgan fingerprint density at radius 1 is 0.972 bits per heavy atom. The van der Waals surface area contributed by atoms with Crippen molar-refractivity contribution in [1.82, 2.24) is 9.55 Å². The van der Waals surface area contributed by atoms with Crippen LogP contribution in [-0.4, -0.2) is 29.2 Å². The van der Waals surface area contributed by atoms with Crippen LogP contribution in [0.25, 0.3) is 34.5 Å². The van der Waals surface area contributed by atoms with Gasteiger partial charge in [-0.25, -0.2) is 4.98 Å². The second-order valence-electron chi connectivity index (χ2n) is 8.26. The van der Waals surface area contributed by atoms with Crippen molar-refractivity contribution in [2.24, 2.45) is 0 Å². The molecule has 0 atom stereocenters. The van der Waals surface area contributed by atoms with E-state index in [0.29, 0.717) is 24.5 Å². The predicted molar refractivity (Wildman–Crippen MR) is 146 cm³/mol. The number of nitrogens with zero attached hydrogens (tertiary/aromatic N) is 2. The topological polar surface area (TPSA) is 53.4 Å². The Kier molecular flexibility index (Phi) is 8.58. The third kappa shape index (κ3) is 6.43. The monoisotopic (exact) mass is 500 g/mol. The number of carbonyl (C=O) groups excluding carboxylic acids is 1. The molecule has 0 spiro atoms. The zero-order chi connectivity index (χ0) is 25.3. The number of carbonyl (C=O) groups is 1. The zero-order valence-electron chi connectivity index (χ0n) is 20.5. The summed E-state index contributed by atoms with van der Waals surface area (Å²) >= 11 is 6.36. The molecule has 1 heterocycles. The van der Waals surface area contributed by atoms with Gasteiger partial charge in [-0.3, -0.25) is 4.79 Å². The van der Waals surface area contributed by atoms with Gasteiger partial charge in [-0.1, -0.05) is 72.3 Å². The molecule has 5 nitrogen and oxygen atoms in total. The van der Waals surface area contributed by atoms with E-state index in [1.54, 1.807) is 0 Å². The molecule has 0 aliphatic carbocycles. The molecule has 0 amide bonds. The molecule has 0 unspecified atom stereocenters. The Hall–Kier alpha value is -3.83. The predicted octanol–water partition coefficient (Wildman–Crippen LogP) is 7.39. The smallest absolute Gasteiger partial charge is 0.305 e. The van der Waals surface area contributed by atoms with Crippen molar-refractivity contribution in [3.63, 3.8) is 0 Å². The van der Waals surface area contributed by atoms with E-state index in [1.807, 2.05) is 60.8 Å². The third-order valence-electron chi connectivity index (χ3n) is 5.84. The molecule has 4 rings (SSSR count). The lowest BCUT2D eigenvalue weighted by Crippen LogP contribution is -2.04. The molecule has 3 aromatic carbocycles. The van der Waals surface area contributed by atoms with E-state index in [4.69, 9.17) is 21.3 Å². The number of halogens is 1. The van der Waals surface area contributed by atoms with Crippen molar-refractivity contribution in [2.75, 3.05) is 13.7 Å². The molecule has 0 N–H and O–H groups in total. The summed E-state index contributed by atoms with van der Waals surface area (Å²) in [5.41, 5.74) is 5.13. The van der Waals surface area contributed by atoms with Crippen molar-refractivity contribution < 1.29 is 14.3 Å². The number of esters is 1. The highest BCUT2D eigenvalue weighted by molar-refractivity contribution is 6.33. The van der Waals surface area contributed by atoms with Gasteiger partial charge in [0.1, 0.15) is 11.6 Å². The zero-order valence-corrected chi connectivity index (χ0v) is 21.2. The minimum absolute atomic E-state index is 0.218. The van der Waals surface area contributed by atoms with Crippen molar-refractivity contribution in [3.8, 4) is 28.1 Å². The van der Waals surface area contributed by atoms with Gasteiger partial charge in [-0.15, -0.1) is 0 Å². The standard InChI is InChI=1S/C30H29ClN2O3/c1-3-33-21-28(26-7-4-5-8-27(26)31)32-29(33)19-12-22-10-13-23(14-11-22)24-15-17-25(18-16-24)36-20-6-9-30(34)35-2/h4-5,7-8,10-19,21H,3,6,9,20H2,1-2H3. The number of hydrogen-bond donors (Lipinski definition) is 0. The SMILES string of the molecule is CCn1cc(-c2ccccc2Cl)nc1C=Cc1ccc(-c2ccc(OCCCC(=O)OC)cc2)cc1. The van der Waals surface area contributed by atoms with Gasteiger partial charge < -0.3 is 14.0 Å². The van der Waals surface area contributed by atoms with Gasteiger partial charge in [0.2, 0.25) is 0 Å². The first kappa shape index (κ1) is 25.3. The number of aryl methyl sites for hydroxylation is 1. The highest BCUT2D eigenvalue weighted by Crippen LogP contribution is 2.28. The van der Waals surface area contributed by atoms with Gasteiger partial charge in [0.05, 0.1) is 24.4 Å². The normalized spacial score (nSPS) is 11.1. The average Bonchev–Trinajstić information content (AvgIpc) is 3.33. The van der Waals surface area contributed by atoms with E-state index in [-0.39, 0.29) is 5.97 Å². The molecule has 6 heteroatoms. The van der Waals surface area contributed by atoms with E-state index in [1.165, 1.54) is 7.11 Å². The van der Waals surface area contributed by atoms with Crippen LogP contribution >= 0.6 is 11.6 Å². The van der Waals surface area contributed by atoms with Gasteiger partial charge in [-0.05, 0) is 54.3 Å². The van der Waals surface area contributed by atoms with Crippen LogP contribution in [0.4, 0.5) is 0 Å². The van der Waals surface area contributed by atoms with E-state index in [2.05, 4.69) is 46.6 Å². The van der Waals surface area contributed by atoms with Crippen LogP contribution in [0, 0.1) is 0 Å². The van der Waals surface area contributed by atoms with E-state index in [9.17, 15) is 4.79 Å². The lowest BCUT2D eigenvalue weighted by atomic mass is 10.0. The summed E-state index contributed by atoms with van der Waals surface area (Å²) in [4.78, 5) is 16.0. The van der Waals surface area contributed by atoms with Crippen LogP contribution in [0.2, 0.25) is 5.02 Å². The van der Waals surface area contributed by atoms with Gasteiger partial charge >= 0.3 is 5.97 Å². The lowest BCUT2D eigenvalue weighted by Gasteiger charge is -2.07. The molecule has 36 heavy (non-hydrogen) atoms. The highest BCUT2D eigenvalue weighted by Gasteiger charge is 2.09. The molecule has 4 aromatic rings. The molecule has 0 aliphatic heterocycles. The molecule has 0 saturated carbocycles. The maximum absolute atomic E-state index is 11.2. The van der Waals surface area contributed by atoms with Crippen LogP contribution in [0.15, 0.2) is 79.0 Å². The summed E-state index contributed by atoms with van der Waals surface area (Å²) in [5.74, 6) is 1.45. The number of ether oxygens (including phenoxy) is 2. The van der Waals surface area contributed by atoms with E-state index < -0.39 is 0 Å². The van der Waals surface area contributed by atoms with Crippen molar-refractivity contribution in [2.45, 2.75) is 26.3 Å². The first-order chi connectivity index (χ1) is 17.6. The third-order valence-corrected chi connectivity index (χ3v) is 6.17. The lowest BCUT2D eigenvalue weighted by molar-refractivity contribution is -0.140. The van der Waals surface area contributed by atoms with Crippen LogP contribution in [0.5, 0.6) is 5.75 Å². The quantitative estimate of drug-likeness (QED) is 0.168. The summed E-state index contributed by atoms with van der Waals surface area (Å²) < 4.78 is 12.5. The fourth-order valence-electron chi connectivity index (χ4n) is 3.82. The number of benzene rings is 3. The maximum atomic E-state index is 11.2. The van der Waals surface area contributed by atoms with Gasteiger partial charge in [-0.2, -0.15) is 0 Å². The first-order valence-electron chi connectivity index (χ1n) is 12.0. The average molecular weight is 501 g/mol. The Balaban J connectivity index is 1.39. The fraction of sp³-hybridized carbons (Fsp3) is 0.200. The number of aromatic nitrogens is 2. The van der Waals surface area contributed by atoms with Gasteiger partial charge in [0.15, 0.2) is 0 Å². The molecule has 0 fully saturated rings. The minimum atomic E-state index is -0.218. The Morgan fingerprint density at radius 3 is 2.33 bits per heavy atom. The highest BCUT2D eigenvalue weighted by atomic mass is 35.5. The molecule has 184 valence electrons. The van der Waals surface area contributed by atoms with Gasteiger partial charge in [0.25, 0.3) is 0 Å². The Morgan fingerprint density at radius 2 is 1.67 bits per heavy atom. The van der Waals surface area contributed by atoms with Gasteiger partial charge in [0, 0.05) is 24.7 Å². The summed E-state index contributed by atoms with van der Waals surface area (Å²) in [5, 5.41) is 0.697. The van der Waals surface area contributed by atoms with Crippen LogP contribution in [0.1, 0.15) is 31.2 Å². The van der Waals surface area contributed by atoms with E-state index >= 15 is 0 Å². The second-order valence-corrected chi connectivity index (χ2v) is 8.67. The molecule has 1 aromatic heterocycles. The summed E-state index contributed by atoms with van der Waals surface area (Å²) in [6, 6.07) is 24.1. The minimum Gasteiger partial charge on any atom is -0.494 e.